The van der Waals surface area contributed by atoms with Crippen molar-refractivity contribution in [3.63, 3.8) is 0 Å². The maximum absolute atomic E-state index is 12.8. The molecule has 10 heteroatoms. The Kier molecular flexibility index (Phi) is 9.34. The summed E-state index contributed by atoms with van der Waals surface area (Å²) in [6.45, 7) is 7.14. The maximum Gasteiger partial charge on any atom is 0.262 e. The van der Waals surface area contributed by atoms with Crippen LogP contribution in [0.4, 0.5) is 5.69 Å². The maximum atomic E-state index is 12.8. The van der Waals surface area contributed by atoms with E-state index >= 15 is 0 Å². The number of furan rings is 1. The minimum Gasteiger partial charge on any atom is -0.456 e. The Bertz CT molecular complexity index is 1430. The van der Waals surface area contributed by atoms with E-state index in [0.717, 1.165) is 61.4 Å². The van der Waals surface area contributed by atoms with E-state index in [1.54, 1.807) is 13.0 Å². The highest BCUT2D eigenvalue weighted by Gasteiger charge is 2.28. The van der Waals surface area contributed by atoms with Gasteiger partial charge >= 0.3 is 0 Å². The smallest absolute Gasteiger partial charge is 0.262 e. The number of nitriles is 1. The molecule has 0 bridgehead atoms. The fraction of sp³-hybridized carbons (Fsp3) is 0.419. The lowest BCUT2D eigenvalue weighted by molar-refractivity contribution is -0.187. The average Bonchev–Trinajstić information content (AvgIpc) is 3.47. The number of carbonyl (C=O) groups excluding carboxylic acids is 1. The molecule has 5 rings (SSSR count). The summed E-state index contributed by atoms with van der Waals surface area (Å²) in [7, 11) is 0. The molecule has 0 spiro atoms. The van der Waals surface area contributed by atoms with Gasteiger partial charge in [0.2, 0.25) is 0 Å². The SMILES string of the molecule is C/C(=C(/C#N)C(=O)NCC1CC(O)CC(O)O1)c1ccc(-c2ccc3cc(NCCN4CCOCC4)ccc3c2)o1. The molecule has 2 aliphatic rings. The Morgan fingerprint density at radius 3 is 2.63 bits per heavy atom. The third-order valence-electron chi connectivity index (χ3n) is 7.52. The van der Waals surface area contributed by atoms with Crippen LogP contribution in [-0.2, 0) is 14.3 Å². The molecule has 3 aromatic rings. The fourth-order valence-electron chi connectivity index (χ4n) is 5.21. The molecule has 1 aromatic heterocycles. The summed E-state index contributed by atoms with van der Waals surface area (Å²) >= 11 is 0. The summed E-state index contributed by atoms with van der Waals surface area (Å²) in [5, 5.41) is 37.5. The number of carbonyl (C=O) groups is 1. The highest BCUT2D eigenvalue weighted by atomic mass is 16.6. The van der Waals surface area contributed by atoms with Gasteiger partial charge in [0.15, 0.2) is 6.29 Å². The van der Waals surface area contributed by atoms with Crippen LogP contribution in [0.15, 0.2) is 58.5 Å². The van der Waals surface area contributed by atoms with E-state index in [1.165, 1.54) is 0 Å². The van der Waals surface area contributed by atoms with Crippen LogP contribution >= 0.6 is 0 Å². The Morgan fingerprint density at radius 1 is 1.07 bits per heavy atom. The topological polar surface area (TPSA) is 140 Å². The van der Waals surface area contributed by atoms with E-state index in [4.69, 9.17) is 13.9 Å². The predicted octanol–water partition coefficient (Wildman–Crippen LogP) is 3.12. The Labute approximate surface area is 239 Å². The summed E-state index contributed by atoms with van der Waals surface area (Å²) in [6.07, 6.45) is -1.88. The quantitative estimate of drug-likeness (QED) is 0.230. The second-order valence-electron chi connectivity index (χ2n) is 10.5. The van der Waals surface area contributed by atoms with Gasteiger partial charge in [0, 0.05) is 62.4 Å². The van der Waals surface area contributed by atoms with Crippen molar-refractivity contribution in [2.45, 2.75) is 38.3 Å². The first-order valence-electron chi connectivity index (χ1n) is 14.0. The molecule has 3 unspecified atom stereocenters. The number of aliphatic hydroxyl groups is 2. The van der Waals surface area contributed by atoms with Crippen LogP contribution in [0.5, 0.6) is 0 Å². The van der Waals surface area contributed by atoms with Crippen LogP contribution < -0.4 is 10.6 Å². The minimum atomic E-state index is -1.07. The van der Waals surface area contributed by atoms with Crippen LogP contribution in [0, 0.1) is 11.3 Å². The van der Waals surface area contributed by atoms with E-state index in [0.29, 0.717) is 23.5 Å². The van der Waals surface area contributed by atoms with Crippen molar-refractivity contribution >= 4 is 27.9 Å². The lowest BCUT2D eigenvalue weighted by Crippen LogP contribution is -2.42. The predicted molar refractivity (Wildman–Crippen MR) is 155 cm³/mol. The Balaban J connectivity index is 1.22. The van der Waals surface area contributed by atoms with Crippen molar-refractivity contribution < 1.29 is 28.9 Å². The van der Waals surface area contributed by atoms with Crippen molar-refractivity contribution in [1.82, 2.24) is 10.2 Å². The second kappa shape index (κ2) is 13.3. The van der Waals surface area contributed by atoms with Gasteiger partial charge in [0.1, 0.15) is 23.2 Å². The lowest BCUT2D eigenvalue weighted by Gasteiger charge is -2.30. The van der Waals surface area contributed by atoms with Gasteiger partial charge in [-0.05, 0) is 48.0 Å². The third-order valence-corrected chi connectivity index (χ3v) is 7.52. The highest BCUT2D eigenvalue weighted by molar-refractivity contribution is 6.04. The number of nitrogens with one attached hydrogen (secondary N) is 2. The number of allylic oxidation sites excluding steroid dienone is 1. The number of benzene rings is 2. The number of rotatable bonds is 9. The molecule has 0 aliphatic carbocycles. The van der Waals surface area contributed by atoms with Crippen molar-refractivity contribution in [2.75, 3.05) is 51.3 Å². The molecule has 4 N–H and O–H groups in total. The first-order valence-corrected chi connectivity index (χ1v) is 14.0. The number of hydrogen-bond donors (Lipinski definition) is 4. The number of amides is 1. The van der Waals surface area contributed by atoms with Gasteiger partial charge in [-0.2, -0.15) is 5.26 Å². The Morgan fingerprint density at radius 2 is 1.85 bits per heavy atom. The van der Waals surface area contributed by atoms with Crippen molar-refractivity contribution in [3.05, 3.63) is 59.9 Å². The summed E-state index contributed by atoms with van der Waals surface area (Å²) in [5.74, 6) is 0.484. The standard InChI is InChI=1S/C31H36N4O6/c1-20(27(18-32)31(38)34-19-26-16-25(36)17-30(37)40-26)28-6-7-29(41-28)23-3-2-22-15-24(5-4-21(22)14-23)33-8-9-35-10-12-39-13-11-35/h2-7,14-15,25-26,30,33,36-37H,8-13,16-17,19H2,1H3,(H,34,38)/b27-20+. The molecule has 216 valence electrons. The number of fused-ring (bicyclic) bond motifs is 1. The number of anilines is 1. The van der Waals surface area contributed by atoms with Crippen molar-refractivity contribution in [2.24, 2.45) is 0 Å². The molecule has 0 saturated carbocycles. The zero-order valence-corrected chi connectivity index (χ0v) is 23.1. The largest absolute Gasteiger partial charge is 0.456 e. The summed E-state index contributed by atoms with van der Waals surface area (Å²) in [4.78, 5) is 15.2. The van der Waals surface area contributed by atoms with E-state index in [-0.39, 0.29) is 18.5 Å². The Hall–Kier alpha value is -3.72. The van der Waals surface area contributed by atoms with Crippen molar-refractivity contribution in [1.29, 1.82) is 5.26 Å². The van der Waals surface area contributed by atoms with Crippen molar-refractivity contribution in [3.8, 4) is 17.4 Å². The number of morpholine rings is 1. The van der Waals surface area contributed by atoms with Gasteiger partial charge < -0.3 is 34.7 Å². The average molecular weight is 561 g/mol. The molecule has 41 heavy (non-hydrogen) atoms. The second-order valence-corrected chi connectivity index (χ2v) is 10.5. The first-order chi connectivity index (χ1) is 19.9. The summed E-state index contributed by atoms with van der Waals surface area (Å²) in [6, 6.07) is 17.9. The van der Waals surface area contributed by atoms with Gasteiger partial charge in [0.05, 0.1) is 25.4 Å². The van der Waals surface area contributed by atoms with Crippen LogP contribution in [-0.4, -0.2) is 85.5 Å². The fourth-order valence-corrected chi connectivity index (χ4v) is 5.21. The number of nitrogens with zero attached hydrogens (tertiary/aromatic N) is 2. The van der Waals surface area contributed by atoms with Gasteiger partial charge in [0.25, 0.3) is 5.91 Å². The number of hydrogen-bond acceptors (Lipinski definition) is 9. The molecule has 2 aliphatic heterocycles. The van der Waals surface area contributed by atoms with Crippen LogP contribution in [0.3, 0.4) is 0 Å². The molecule has 2 saturated heterocycles. The normalized spacial score (nSPS) is 22.1. The van der Waals surface area contributed by atoms with E-state index in [9.17, 15) is 20.3 Å². The van der Waals surface area contributed by atoms with Gasteiger partial charge in [-0.3, -0.25) is 9.69 Å². The zero-order chi connectivity index (χ0) is 28.8. The van der Waals surface area contributed by atoms with Crippen LogP contribution in [0.2, 0.25) is 0 Å². The molecular weight excluding hydrogens is 524 g/mol. The lowest BCUT2D eigenvalue weighted by atomic mass is 10.0. The number of ether oxygens (including phenoxy) is 2. The highest BCUT2D eigenvalue weighted by Crippen LogP contribution is 2.30. The molecule has 10 nitrogen and oxygen atoms in total. The van der Waals surface area contributed by atoms with Gasteiger partial charge in [-0.15, -0.1) is 0 Å². The molecule has 0 radical (unpaired) electrons. The van der Waals surface area contributed by atoms with Gasteiger partial charge in [-0.25, -0.2) is 0 Å². The summed E-state index contributed by atoms with van der Waals surface area (Å²) in [5.41, 5.74) is 2.30. The molecule has 1 amide bonds. The minimum absolute atomic E-state index is 0.0665. The zero-order valence-electron chi connectivity index (χ0n) is 23.1. The van der Waals surface area contributed by atoms with E-state index < -0.39 is 24.4 Å². The summed E-state index contributed by atoms with van der Waals surface area (Å²) < 4.78 is 16.8. The monoisotopic (exact) mass is 560 g/mol. The van der Waals surface area contributed by atoms with Crippen LogP contribution in [0.25, 0.3) is 27.7 Å². The van der Waals surface area contributed by atoms with Gasteiger partial charge in [-0.1, -0.05) is 18.2 Å². The molecule has 2 fully saturated rings. The van der Waals surface area contributed by atoms with E-state index in [1.807, 2.05) is 18.2 Å². The third kappa shape index (κ3) is 7.33. The first kappa shape index (κ1) is 28.8. The van der Waals surface area contributed by atoms with Crippen LogP contribution in [0.1, 0.15) is 25.5 Å². The molecular formula is C31H36N4O6. The molecule has 3 atom stereocenters. The molecule has 3 heterocycles. The molecule has 2 aromatic carbocycles. The number of aliphatic hydroxyl groups excluding tert-OH is 2. The van der Waals surface area contributed by atoms with E-state index in [2.05, 4.69) is 45.9 Å².